The first-order valence-electron chi connectivity index (χ1n) is 6.95. The molecule has 106 valence electrons. The highest BCUT2D eigenvalue weighted by atomic mass is 16.5. The van der Waals surface area contributed by atoms with E-state index in [1.165, 1.54) is 5.56 Å². The van der Waals surface area contributed by atoms with Crippen LogP contribution in [0.2, 0.25) is 0 Å². The van der Waals surface area contributed by atoms with Crippen molar-refractivity contribution in [3.05, 3.63) is 54.1 Å². The van der Waals surface area contributed by atoms with Crippen LogP contribution in [0, 0.1) is 0 Å². The van der Waals surface area contributed by atoms with Crippen LogP contribution in [0.15, 0.2) is 42.9 Å². The summed E-state index contributed by atoms with van der Waals surface area (Å²) in [5.74, 6) is 0.896. The fourth-order valence-corrected chi connectivity index (χ4v) is 2.21. The highest BCUT2D eigenvalue weighted by Crippen LogP contribution is 2.18. The Hall–Kier alpha value is -1.94. The lowest BCUT2D eigenvalue weighted by molar-refractivity contribution is 0.414. The van der Waals surface area contributed by atoms with E-state index in [1.54, 1.807) is 19.6 Å². The number of rotatable bonds is 7. The van der Waals surface area contributed by atoms with Gasteiger partial charge in [-0.05, 0) is 43.1 Å². The van der Waals surface area contributed by atoms with Gasteiger partial charge in [0.2, 0.25) is 0 Å². The molecule has 1 N–H and O–H groups in total. The normalized spacial score (nSPS) is 12.1. The first-order chi connectivity index (χ1) is 9.83. The number of benzene rings is 1. The molecular weight excluding hydrogens is 250 g/mol. The van der Waals surface area contributed by atoms with Gasteiger partial charge >= 0.3 is 0 Å². The van der Waals surface area contributed by atoms with E-state index >= 15 is 0 Å². The Kier molecular flexibility index (Phi) is 5.50. The summed E-state index contributed by atoms with van der Waals surface area (Å²) in [7, 11) is 1.69. The second kappa shape index (κ2) is 7.60. The maximum atomic E-state index is 5.17. The molecule has 4 nitrogen and oxygen atoms in total. The summed E-state index contributed by atoms with van der Waals surface area (Å²) in [4.78, 5) is 8.32. The lowest BCUT2D eigenvalue weighted by Gasteiger charge is -2.17. The van der Waals surface area contributed by atoms with Crippen LogP contribution < -0.4 is 10.1 Å². The predicted molar refractivity (Wildman–Crippen MR) is 79.8 cm³/mol. The van der Waals surface area contributed by atoms with Crippen LogP contribution in [0.5, 0.6) is 5.75 Å². The monoisotopic (exact) mass is 271 g/mol. The Morgan fingerprint density at radius 3 is 2.60 bits per heavy atom. The number of hydrogen-bond donors (Lipinski definition) is 1. The van der Waals surface area contributed by atoms with Crippen LogP contribution in [0.4, 0.5) is 0 Å². The molecule has 4 heteroatoms. The molecule has 0 aliphatic rings. The minimum atomic E-state index is 0.269. The molecule has 0 bridgehead atoms. The topological polar surface area (TPSA) is 47.0 Å². The van der Waals surface area contributed by atoms with E-state index in [0.29, 0.717) is 0 Å². The summed E-state index contributed by atoms with van der Waals surface area (Å²) in [6, 6.07) is 10.5. The number of ether oxygens (including phenoxy) is 1. The first kappa shape index (κ1) is 14.5. The Morgan fingerprint density at radius 1 is 1.20 bits per heavy atom. The number of aromatic nitrogens is 2. The molecule has 1 atom stereocenters. The Labute approximate surface area is 120 Å². The van der Waals surface area contributed by atoms with Crippen LogP contribution in [0.3, 0.4) is 0 Å². The molecule has 0 amide bonds. The van der Waals surface area contributed by atoms with Gasteiger partial charge in [-0.1, -0.05) is 19.1 Å². The maximum Gasteiger partial charge on any atom is 0.118 e. The number of nitrogens with zero attached hydrogens (tertiary/aromatic N) is 2. The van der Waals surface area contributed by atoms with Gasteiger partial charge in [0.1, 0.15) is 12.1 Å². The average molecular weight is 271 g/mol. The number of hydrogen-bond acceptors (Lipinski definition) is 4. The van der Waals surface area contributed by atoms with Crippen molar-refractivity contribution in [3.8, 4) is 5.75 Å². The Bertz CT molecular complexity index is 499. The molecule has 0 radical (unpaired) electrons. The molecule has 1 aromatic heterocycles. The van der Waals surface area contributed by atoms with Gasteiger partial charge in [0, 0.05) is 12.2 Å². The molecule has 2 rings (SSSR count). The molecule has 0 aliphatic heterocycles. The highest BCUT2D eigenvalue weighted by Gasteiger charge is 2.11. The largest absolute Gasteiger partial charge is 0.497 e. The standard InChI is InChI=1S/C16H21N3O/c1-3-18-15(16-10-11-17-12-19-16)9-6-13-4-7-14(20-2)8-5-13/h4-5,7-8,10-12,15,18H,3,6,9H2,1-2H3. The smallest absolute Gasteiger partial charge is 0.118 e. The van der Waals surface area contributed by atoms with Crippen molar-refractivity contribution >= 4 is 0 Å². The minimum absolute atomic E-state index is 0.269. The molecule has 1 unspecified atom stereocenters. The van der Waals surface area contributed by atoms with Gasteiger partial charge in [-0.2, -0.15) is 0 Å². The molecule has 0 saturated heterocycles. The van der Waals surface area contributed by atoms with Gasteiger partial charge in [-0.15, -0.1) is 0 Å². The zero-order valence-corrected chi connectivity index (χ0v) is 12.0. The van der Waals surface area contributed by atoms with Gasteiger partial charge in [-0.3, -0.25) is 0 Å². The van der Waals surface area contributed by atoms with Crippen molar-refractivity contribution in [2.75, 3.05) is 13.7 Å². The SMILES string of the molecule is CCNC(CCc1ccc(OC)cc1)c1ccncn1. The van der Waals surface area contributed by atoms with E-state index in [0.717, 1.165) is 30.8 Å². The summed E-state index contributed by atoms with van der Waals surface area (Å²) in [5, 5.41) is 3.48. The third-order valence-electron chi connectivity index (χ3n) is 3.29. The van der Waals surface area contributed by atoms with E-state index in [2.05, 4.69) is 34.3 Å². The summed E-state index contributed by atoms with van der Waals surface area (Å²) < 4.78 is 5.17. The van der Waals surface area contributed by atoms with Crippen molar-refractivity contribution in [1.82, 2.24) is 15.3 Å². The summed E-state index contributed by atoms with van der Waals surface area (Å²) in [6.45, 7) is 3.04. The van der Waals surface area contributed by atoms with Crippen molar-refractivity contribution in [1.29, 1.82) is 0 Å². The average Bonchev–Trinajstić information content (AvgIpc) is 2.53. The number of nitrogens with one attached hydrogen (secondary N) is 1. The zero-order chi connectivity index (χ0) is 14.2. The van der Waals surface area contributed by atoms with E-state index in [1.807, 2.05) is 18.2 Å². The third kappa shape index (κ3) is 4.03. The van der Waals surface area contributed by atoms with Crippen molar-refractivity contribution in [3.63, 3.8) is 0 Å². The highest BCUT2D eigenvalue weighted by molar-refractivity contribution is 5.27. The van der Waals surface area contributed by atoms with Crippen LogP contribution in [0.1, 0.15) is 30.6 Å². The second-order valence-electron chi connectivity index (χ2n) is 4.63. The number of methoxy groups -OCH3 is 1. The van der Waals surface area contributed by atoms with E-state index in [-0.39, 0.29) is 6.04 Å². The summed E-state index contributed by atoms with van der Waals surface area (Å²) in [6.07, 6.45) is 5.41. The van der Waals surface area contributed by atoms with Crippen LogP contribution >= 0.6 is 0 Å². The summed E-state index contributed by atoms with van der Waals surface area (Å²) >= 11 is 0. The van der Waals surface area contributed by atoms with Gasteiger partial charge in [0.15, 0.2) is 0 Å². The Balaban J connectivity index is 1.98. The van der Waals surface area contributed by atoms with E-state index in [4.69, 9.17) is 4.74 Å². The summed E-state index contributed by atoms with van der Waals surface area (Å²) in [5.41, 5.74) is 2.36. The van der Waals surface area contributed by atoms with Crippen molar-refractivity contribution < 1.29 is 4.74 Å². The van der Waals surface area contributed by atoms with Gasteiger partial charge in [0.05, 0.1) is 12.8 Å². The fraction of sp³-hybridized carbons (Fsp3) is 0.375. The molecule has 2 aromatic rings. The molecule has 0 saturated carbocycles. The molecular formula is C16H21N3O. The van der Waals surface area contributed by atoms with Crippen molar-refractivity contribution in [2.45, 2.75) is 25.8 Å². The van der Waals surface area contributed by atoms with Gasteiger partial charge in [-0.25, -0.2) is 9.97 Å². The van der Waals surface area contributed by atoms with Gasteiger partial charge < -0.3 is 10.1 Å². The molecule has 1 aromatic carbocycles. The van der Waals surface area contributed by atoms with E-state index < -0.39 is 0 Å². The predicted octanol–water partition coefficient (Wildman–Crippen LogP) is 2.77. The second-order valence-corrected chi connectivity index (χ2v) is 4.63. The first-order valence-corrected chi connectivity index (χ1v) is 6.95. The molecule has 0 spiro atoms. The maximum absolute atomic E-state index is 5.17. The minimum Gasteiger partial charge on any atom is -0.497 e. The molecule has 0 aliphatic carbocycles. The molecule has 1 heterocycles. The molecule has 0 fully saturated rings. The van der Waals surface area contributed by atoms with Crippen LogP contribution in [0.25, 0.3) is 0 Å². The fourth-order valence-electron chi connectivity index (χ4n) is 2.21. The van der Waals surface area contributed by atoms with E-state index in [9.17, 15) is 0 Å². The van der Waals surface area contributed by atoms with Crippen LogP contribution in [-0.2, 0) is 6.42 Å². The Morgan fingerprint density at radius 2 is 2.00 bits per heavy atom. The van der Waals surface area contributed by atoms with Gasteiger partial charge in [0.25, 0.3) is 0 Å². The van der Waals surface area contributed by atoms with Crippen LogP contribution in [-0.4, -0.2) is 23.6 Å². The quantitative estimate of drug-likeness (QED) is 0.841. The van der Waals surface area contributed by atoms with Crippen molar-refractivity contribution in [2.24, 2.45) is 0 Å². The number of aryl methyl sites for hydroxylation is 1. The third-order valence-corrected chi connectivity index (χ3v) is 3.29. The zero-order valence-electron chi connectivity index (χ0n) is 12.0. The lowest BCUT2D eigenvalue weighted by atomic mass is 10.0. The molecule has 20 heavy (non-hydrogen) atoms. The lowest BCUT2D eigenvalue weighted by Crippen LogP contribution is -2.22.